The Morgan fingerprint density at radius 2 is 0.907 bits per heavy atom. The zero-order valence-electron chi connectivity index (χ0n) is 34.5. The van der Waals surface area contributed by atoms with Gasteiger partial charge in [-0.05, 0) is 90.1 Å². The van der Waals surface area contributed by atoms with Crippen molar-refractivity contribution in [2.24, 2.45) is 0 Å². The Morgan fingerprint density at radius 1 is 0.481 bits per heavy atom. The zero-order chi connectivity index (χ0) is 39.0. The van der Waals surface area contributed by atoms with Gasteiger partial charge in [-0.25, -0.2) is 14.4 Å². The van der Waals surface area contributed by atoms with Gasteiger partial charge in [0.05, 0.1) is 13.2 Å². The summed E-state index contributed by atoms with van der Waals surface area (Å²) in [6.07, 6.45) is 34.2. The maximum atomic E-state index is 12.5. The average Bonchev–Trinajstić information content (AvgIpc) is 3.69. The molecule has 1 rings (SSSR count). The monoisotopic (exact) mass is 766 g/mol. The second kappa shape index (κ2) is 38.5. The van der Waals surface area contributed by atoms with E-state index in [-0.39, 0.29) is 19.3 Å². The van der Waals surface area contributed by atoms with Crippen LogP contribution in [0.25, 0.3) is 0 Å². The molecule has 0 amide bonds. The fraction of sp³-hybridized carbons (Fsp3) is 0.841. The van der Waals surface area contributed by atoms with Crippen LogP contribution < -0.4 is 0 Å². The van der Waals surface area contributed by atoms with Crippen LogP contribution in [-0.4, -0.2) is 82.1 Å². The van der Waals surface area contributed by atoms with Crippen molar-refractivity contribution in [2.45, 2.75) is 187 Å². The third-order valence-corrected chi connectivity index (χ3v) is 9.75. The second-order valence-electron chi connectivity index (χ2n) is 14.7. The highest BCUT2D eigenvalue weighted by molar-refractivity contribution is 5.60. The van der Waals surface area contributed by atoms with Gasteiger partial charge in [0.25, 0.3) is 0 Å². The SMILES string of the molecule is CCCCCCC=CCOC(=O)OCCCCCCCCC(CCCCCCCCOC(=O)OCC=CCCCCCC)OC(=O)OCCN1CCCC1. The van der Waals surface area contributed by atoms with E-state index < -0.39 is 18.5 Å². The Kier molecular flexibility index (Phi) is 35.1. The number of carbonyl (C=O) groups is 3. The van der Waals surface area contributed by atoms with E-state index in [1.54, 1.807) is 0 Å². The number of hydrogen-bond acceptors (Lipinski definition) is 10. The Labute approximate surface area is 329 Å². The number of ether oxygens (including phenoxy) is 6. The van der Waals surface area contributed by atoms with Crippen LogP contribution in [0.3, 0.4) is 0 Å². The molecule has 314 valence electrons. The van der Waals surface area contributed by atoms with E-state index in [1.807, 2.05) is 12.2 Å². The molecule has 0 radical (unpaired) electrons. The molecule has 1 aliphatic rings. The molecule has 54 heavy (non-hydrogen) atoms. The van der Waals surface area contributed by atoms with Crippen molar-refractivity contribution in [3.05, 3.63) is 24.3 Å². The molecule has 0 atom stereocenters. The zero-order valence-corrected chi connectivity index (χ0v) is 34.5. The maximum Gasteiger partial charge on any atom is 0.508 e. The Balaban J connectivity index is 2.14. The molecular formula is C44H79NO9. The van der Waals surface area contributed by atoms with Gasteiger partial charge in [-0.2, -0.15) is 0 Å². The number of unbranched alkanes of at least 4 members (excludes halogenated alkanes) is 18. The van der Waals surface area contributed by atoms with Gasteiger partial charge in [-0.3, -0.25) is 4.90 Å². The van der Waals surface area contributed by atoms with Crippen LogP contribution in [0.4, 0.5) is 14.4 Å². The molecule has 0 saturated carbocycles. The Hall–Kier alpha value is -2.75. The smallest absolute Gasteiger partial charge is 0.434 e. The van der Waals surface area contributed by atoms with E-state index in [0.29, 0.717) is 19.8 Å². The predicted molar refractivity (Wildman–Crippen MR) is 217 cm³/mol. The van der Waals surface area contributed by atoms with Crippen LogP contribution in [0.2, 0.25) is 0 Å². The minimum absolute atomic E-state index is 0.130. The summed E-state index contributed by atoms with van der Waals surface area (Å²) in [7, 11) is 0. The first kappa shape index (κ1) is 49.3. The third-order valence-electron chi connectivity index (χ3n) is 9.75. The third kappa shape index (κ3) is 33.8. The van der Waals surface area contributed by atoms with Crippen molar-refractivity contribution in [2.75, 3.05) is 52.7 Å². The second-order valence-corrected chi connectivity index (χ2v) is 14.7. The molecule has 10 heteroatoms. The van der Waals surface area contributed by atoms with Crippen LogP contribution in [0, 0.1) is 0 Å². The van der Waals surface area contributed by atoms with Gasteiger partial charge in [-0.1, -0.05) is 128 Å². The first-order valence-electron chi connectivity index (χ1n) is 22.0. The number of rotatable bonds is 36. The molecule has 1 saturated heterocycles. The molecule has 0 bridgehead atoms. The van der Waals surface area contributed by atoms with E-state index >= 15 is 0 Å². The summed E-state index contributed by atoms with van der Waals surface area (Å²) in [5, 5.41) is 0. The summed E-state index contributed by atoms with van der Waals surface area (Å²) in [5.41, 5.74) is 0. The fourth-order valence-corrected chi connectivity index (χ4v) is 6.44. The van der Waals surface area contributed by atoms with Crippen LogP contribution >= 0.6 is 0 Å². The molecule has 10 nitrogen and oxygen atoms in total. The lowest BCUT2D eigenvalue weighted by Gasteiger charge is -2.19. The summed E-state index contributed by atoms with van der Waals surface area (Å²) in [4.78, 5) is 38.3. The highest BCUT2D eigenvalue weighted by Crippen LogP contribution is 2.18. The van der Waals surface area contributed by atoms with Crippen LogP contribution in [-0.2, 0) is 28.4 Å². The molecule has 1 heterocycles. The van der Waals surface area contributed by atoms with E-state index in [4.69, 9.17) is 28.4 Å². The number of carbonyl (C=O) groups excluding carboxylic acids is 3. The summed E-state index contributed by atoms with van der Waals surface area (Å²) >= 11 is 0. The topological polar surface area (TPSA) is 110 Å². The van der Waals surface area contributed by atoms with Gasteiger partial charge in [0.1, 0.15) is 25.9 Å². The van der Waals surface area contributed by atoms with E-state index in [2.05, 4.69) is 30.9 Å². The van der Waals surface area contributed by atoms with Gasteiger partial charge in [0.2, 0.25) is 0 Å². The predicted octanol–water partition coefficient (Wildman–Crippen LogP) is 12.4. The number of hydrogen-bond donors (Lipinski definition) is 0. The highest BCUT2D eigenvalue weighted by Gasteiger charge is 2.17. The van der Waals surface area contributed by atoms with E-state index in [9.17, 15) is 14.4 Å². The van der Waals surface area contributed by atoms with Crippen molar-refractivity contribution in [1.29, 1.82) is 0 Å². The van der Waals surface area contributed by atoms with Crippen molar-refractivity contribution < 1.29 is 42.8 Å². The molecule has 0 aliphatic carbocycles. The van der Waals surface area contributed by atoms with Gasteiger partial charge in [0.15, 0.2) is 0 Å². The molecule has 0 spiro atoms. The highest BCUT2D eigenvalue weighted by atomic mass is 16.7. The van der Waals surface area contributed by atoms with Crippen molar-refractivity contribution in [1.82, 2.24) is 4.90 Å². The summed E-state index contributed by atoms with van der Waals surface area (Å²) in [5.74, 6) is 0. The first-order chi connectivity index (χ1) is 26.5. The number of allylic oxidation sites excluding steroid dienone is 2. The van der Waals surface area contributed by atoms with Crippen molar-refractivity contribution >= 4 is 18.5 Å². The molecule has 0 aromatic heterocycles. The molecule has 0 aromatic carbocycles. The van der Waals surface area contributed by atoms with E-state index in [0.717, 1.165) is 122 Å². The van der Waals surface area contributed by atoms with Crippen LogP contribution in [0.5, 0.6) is 0 Å². The van der Waals surface area contributed by atoms with Gasteiger partial charge < -0.3 is 28.4 Å². The average molecular weight is 766 g/mol. The minimum atomic E-state index is -0.595. The van der Waals surface area contributed by atoms with Crippen LogP contribution in [0.1, 0.15) is 181 Å². The van der Waals surface area contributed by atoms with Crippen molar-refractivity contribution in [3.8, 4) is 0 Å². The molecule has 0 unspecified atom stereocenters. The van der Waals surface area contributed by atoms with Crippen LogP contribution in [0.15, 0.2) is 24.3 Å². The Bertz CT molecular complexity index is 879. The standard InChI is InChI=1S/C44H79NO9/c1-3-5-7-9-13-19-27-36-49-42(46)51-38-29-21-15-11-17-23-31-41(54-44(48)53-40-35-45-33-25-26-34-45)32-24-18-12-16-22-30-39-52-43(47)50-37-28-20-14-10-8-6-4-2/h19-20,27-28,41H,3-18,21-26,29-40H2,1-2H3. The lowest BCUT2D eigenvalue weighted by Crippen LogP contribution is -2.26. The summed E-state index contributed by atoms with van der Waals surface area (Å²) in [6, 6.07) is 0. The number of nitrogens with zero attached hydrogens (tertiary/aromatic N) is 1. The number of likely N-dealkylation sites (tertiary alicyclic amines) is 1. The normalized spacial score (nSPS) is 13.7. The molecular weight excluding hydrogens is 686 g/mol. The van der Waals surface area contributed by atoms with Gasteiger partial charge in [0, 0.05) is 6.54 Å². The quantitative estimate of drug-likeness (QED) is 0.0264. The largest absolute Gasteiger partial charge is 0.508 e. The van der Waals surface area contributed by atoms with E-state index in [1.165, 1.54) is 64.2 Å². The first-order valence-corrected chi connectivity index (χ1v) is 22.0. The lowest BCUT2D eigenvalue weighted by atomic mass is 10.0. The molecule has 0 N–H and O–H groups in total. The van der Waals surface area contributed by atoms with Gasteiger partial charge >= 0.3 is 18.5 Å². The summed E-state index contributed by atoms with van der Waals surface area (Å²) < 4.78 is 31.8. The molecule has 1 aliphatic heterocycles. The minimum Gasteiger partial charge on any atom is -0.434 e. The molecule has 1 fully saturated rings. The lowest BCUT2D eigenvalue weighted by molar-refractivity contribution is 0.0129. The van der Waals surface area contributed by atoms with Gasteiger partial charge in [-0.15, -0.1) is 0 Å². The Morgan fingerprint density at radius 3 is 1.39 bits per heavy atom. The van der Waals surface area contributed by atoms with Crippen molar-refractivity contribution in [3.63, 3.8) is 0 Å². The maximum absolute atomic E-state index is 12.5. The molecule has 0 aromatic rings. The fourth-order valence-electron chi connectivity index (χ4n) is 6.44. The summed E-state index contributed by atoms with van der Waals surface area (Å²) in [6.45, 7) is 9.01.